The summed E-state index contributed by atoms with van der Waals surface area (Å²) in [5.74, 6) is 1.04. The first-order valence-corrected chi connectivity index (χ1v) is 7.43. The molecule has 0 fully saturated rings. The molecule has 4 nitrogen and oxygen atoms in total. The normalized spacial score (nSPS) is 13.1. The van der Waals surface area contributed by atoms with Gasteiger partial charge in [0.05, 0.1) is 0 Å². The van der Waals surface area contributed by atoms with Crippen LogP contribution >= 0.6 is 0 Å². The van der Waals surface area contributed by atoms with Crippen molar-refractivity contribution in [1.82, 2.24) is 10.6 Å². The van der Waals surface area contributed by atoms with Crippen LogP contribution < -0.4 is 10.6 Å². The summed E-state index contributed by atoms with van der Waals surface area (Å²) in [6.07, 6.45) is 2.14. The molecule has 0 bridgehead atoms. The average molecular weight is 277 g/mol. The zero-order valence-corrected chi connectivity index (χ0v) is 12.6. The van der Waals surface area contributed by atoms with Crippen molar-refractivity contribution in [3.8, 4) is 0 Å². The first-order valence-electron chi connectivity index (χ1n) is 7.43. The Bertz CT molecular complexity index is 379. The fraction of sp³-hybridized carbons (Fsp3) is 0.562. The van der Waals surface area contributed by atoms with Gasteiger partial charge < -0.3 is 15.7 Å². The summed E-state index contributed by atoms with van der Waals surface area (Å²) < 4.78 is 0. The van der Waals surface area contributed by atoms with E-state index in [0.717, 1.165) is 31.9 Å². The van der Waals surface area contributed by atoms with Crippen LogP contribution in [0.5, 0.6) is 0 Å². The topological polar surface area (TPSA) is 56.7 Å². The molecule has 20 heavy (non-hydrogen) atoms. The molecule has 0 aliphatic rings. The number of aryl methyl sites for hydroxylation is 1. The highest BCUT2D eigenvalue weighted by molar-refractivity contribution is 5.79. The average Bonchev–Trinajstić information content (AvgIpc) is 2.49. The number of nitrogens with zero attached hydrogens (tertiary/aromatic N) is 1. The maximum absolute atomic E-state index is 9.01. The lowest BCUT2D eigenvalue weighted by atomic mass is 10.1. The maximum Gasteiger partial charge on any atom is 0.191 e. The monoisotopic (exact) mass is 277 g/mol. The maximum atomic E-state index is 9.01. The number of nitrogens with one attached hydrogen (secondary N) is 2. The van der Waals surface area contributed by atoms with E-state index in [0.29, 0.717) is 6.54 Å². The molecule has 1 atom stereocenters. The molecule has 0 heterocycles. The van der Waals surface area contributed by atoms with Gasteiger partial charge in [-0.05, 0) is 31.2 Å². The third kappa shape index (κ3) is 7.14. The highest BCUT2D eigenvalue weighted by atomic mass is 16.3. The van der Waals surface area contributed by atoms with Gasteiger partial charge in [-0.15, -0.1) is 0 Å². The van der Waals surface area contributed by atoms with E-state index in [1.54, 1.807) is 0 Å². The van der Waals surface area contributed by atoms with Gasteiger partial charge in [-0.1, -0.05) is 37.3 Å². The van der Waals surface area contributed by atoms with Crippen molar-refractivity contribution in [3.63, 3.8) is 0 Å². The fourth-order valence-corrected chi connectivity index (χ4v) is 1.79. The summed E-state index contributed by atoms with van der Waals surface area (Å²) in [5.41, 5.74) is 1.37. The molecule has 0 saturated heterocycles. The Kier molecular flexibility index (Phi) is 8.47. The van der Waals surface area contributed by atoms with E-state index in [1.165, 1.54) is 5.56 Å². The second kappa shape index (κ2) is 10.3. The van der Waals surface area contributed by atoms with E-state index in [2.05, 4.69) is 46.8 Å². The van der Waals surface area contributed by atoms with Crippen molar-refractivity contribution < 1.29 is 5.11 Å². The molecular weight excluding hydrogens is 250 g/mol. The fourth-order valence-electron chi connectivity index (χ4n) is 1.79. The highest BCUT2D eigenvalue weighted by Gasteiger charge is 2.01. The Hall–Kier alpha value is -1.55. The van der Waals surface area contributed by atoms with E-state index >= 15 is 0 Å². The molecule has 3 N–H and O–H groups in total. The molecule has 0 aromatic heterocycles. The zero-order chi connectivity index (χ0) is 14.6. The Morgan fingerprint density at radius 2 is 2.00 bits per heavy atom. The van der Waals surface area contributed by atoms with Crippen molar-refractivity contribution in [3.05, 3.63) is 35.9 Å². The van der Waals surface area contributed by atoms with E-state index in [9.17, 15) is 0 Å². The predicted octanol–water partition coefficient (Wildman–Crippen LogP) is 1.80. The van der Waals surface area contributed by atoms with Crippen LogP contribution in [0, 0.1) is 5.92 Å². The number of rotatable bonds is 8. The third-order valence-corrected chi connectivity index (χ3v) is 2.99. The van der Waals surface area contributed by atoms with Crippen LogP contribution in [0.4, 0.5) is 0 Å². The lowest BCUT2D eigenvalue weighted by Crippen LogP contribution is -2.38. The zero-order valence-electron chi connectivity index (χ0n) is 12.6. The number of benzene rings is 1. The Morgan fingerprint density at radius 3 is 2.65 bits per heavy atom. The molecule has 4 heteroatoms. The molecule has 1 aromatic rings. The second-order valence-corrected chi connectivity index (χ2v) is 5.02. The molecule has 0 saturated carbocycles. The van der Waals surface area contributed by atoms with Gasteiger partial charge >= 0.3 is 0 Å². The Morgan fingerprint density at radius 1 is 1.25 bits per heavy atom. The number of guanidine groups is 1. The van der Waals surface area contributed by atoms with E-state index in [1.807, 2.05) is 13.0 Å². The molecule has 0 amide bonds. The summed E-state index contributed by atoms with van der Waals surface area (Å²) in [7, 11) is 0. The summed E-state index contributed by atoms with van der Waals surface area (Å²) in [6.45, 7) is 6.60. The van der Waals surface area contributed by atoms with Crippen LogP contribution in [0.25, 0.3) is 0 Å². The summed E-state index contributed by atoms with van der Waals surface area (Å²) in [6, 6.07) is 10.5. The first kappa shape index (κ1) is 16.5. The van der Waals surface area contributed by atoms with Crippen LogP contribution in [0.2, 0.25) is 0 Å². The quantitative estimate of drug-likeness (QED) is 0.386. The van der Waals surface area contributed by atoms with Crippen molar-refractivity contribution in [2.24, 2.45) is 10.9 Å². The highest BCUT2D eigenvalue weighted by Crippen LogP contribution is 2.01. The van der Waals surface area contributed by atoms with Gasteiger partial charge in [-0.25, -0.2) is 0 Å². The second-order valence-electron chi connectivity index (χ2n) is 5.02. The molecule has 0 aliphatic carbocycles. The van der Waals surface area contributed by atoms with Gasteiger partial charge in [0.2, 0.25) is 0 Å². The number of aliphatic imine (C=N–C) groups is 1. The minimum absolute atomic E-state index is 0.177. The van der Waals surface area contributed by atoms with Gasteiger partial charge in [0.25, 0.3) is 0 Å². The lowest BCUT2D eigenvalue weighted by molar-refractivity contribution is 0.241. The van der Waals surface area contributed by atoms with Crippen LogP contribution in [0.15, 0.2) is 35.3 Å². The predicted molar refractivity (Wildman–Crippen MR) is 85.0 cm³/mol. The van der Waals surface area contributed by atoms with Crippen molar-refractivity contribution in [2.75, 3.05) is 26.2 Å². The molecule has 0 aliphatic heterocycles. The number of hydrogen-bond acceptors (Lipinski definition) is 2. The van der Waals surface area contributed by atoms with Crippen molar-refractivity contribution in [1.29, 1.82) is 0 Å². The summed E-state index contributed by atoms with van der Waals surface area (Å²) >= 11 is 0. The Balaban J connectivity index is 2.28. The van der Waals surface area contributed by atoms with Gasteiger partial charge in [0, 0.05) is 26.2 Å². The third-order valence-electron chi connectivity index (χ3n) is 2.99. The SMILES string of the molecule is CCNC(=NCC(C)CO)NCCCc1ccccc1. The summed E-state index contributed by atoms with van der Waals surface area (Å²) in [5, 5.41) is 15.6. The minimum atomic E-state index is 0.177. The minimum Gasteiger partial charge on any atom is -0.396 e. The molecule has 0 spiro atoms. The van der Waals surface area contributed by atoms with E-state index in [4.69, 9.17) is 5.11 Å². The van der Waals surface area contributed by atoms with Crippen LogP contribution in [0.3, 0.4) is 0 Å². The first-order chi connectivity index (χ1) is 9.76. The molecule has 1 aromatic carbocycles. The number of hydrogen-bond donors (Lipinski definition) is 3. The van der Waals surface area contributed by atoms with Gasteiger partial charge in [-0.2, -0.15) is 0 Å². The van der Waals surface area contributed by atoms with E-state index in [-0.39, 0.29) is 12.5 Å². The number of aliphatic hydroxyl groups is 1. The molecule has 1 unspecified atom stereocenters. The summed E-state index contributed by atoms with van der Waals surface area (Å²) in [4.78, 5) is 4.46. The molecule has 112 valence electrons. The van der Waals surface area contributed by atoms with Gasteiger partial charge in [-0.3, -0.25) is 4.99 Å². The van der Waals surface area contributed by atoms with E-state index < -0.39 is 0 Å². The van der Waals surface area contributed by atoms with Crippen molar-refractivity contribution >= 4 is 5.96 Å². The van der Waals surface area contributed by atoms with Gasteiger partial charge in [0.1, 0.15) is 0 Å². The largest absolute Gasteiger partial charge is 0.396 e. The van der Waals surface area contributed by atoms with Gasteiger partial charge in [0.15, 0.2) is 5.96 Å². The van der Waals surface area contributed by atoms with Crippen LogP contribution in [0.1, 0.15) is 25.8 Å². The standard InChI is InChI=1S/C16H27N3O/c1-3-17-16(19-12-14(2)13-20)18-11-7-10-15-8-5-4-6-9-15/h4-6,8-9,14,20H,3,7,10-13H2,1-2H3,(H2,17,18,19). The molecular formula is C16H27N3O. The molecule has 0 radical (unpaired) electrons. The van der Waals surface area contributed by atoms with Crippen LogP contribution in [-0.2, 0) is 6.42 Å². The Labute approximate surface area is 122 Å². The lowest BCUT2D eigenvalue weighted by Gasteiger charge is -2.12. The smallest absolute Gasteiger partial charge is 0.191 e. The number of aliphatic hydroxyl groups excluding tert-OH is 1. The van der Waals surface area contributed by atoms with Crippen LogP contribution in [-0.4, -0.2) is 37.3 Å². The van der Waals surface area contributed by atoms with Crippen molar-refractivity contribution in [2.45, 2.75) is 26.7 Å². The molecule has 1 rings (SSSR count).